The van der Waals surface area contributed by atoms with Crippen LogP contribution in [-0.2, 0) is 25.6 Å². The summed E-state index contributed by atoms with van der Waals surface area (Å²) in [6.07, 6.45) is 3.17. The van der Waals surface area contributed by atoms with Crippen LogP contribution in [0.2, 0.25) is 0 Å². The van der Waals surface area contributed by atoms with Gasteiger partial charge in [0.05, 0.1) is 24.2 Å². The molecule has 3 rings (SSSR count). The third-order valence-electron chi connectivity index (χ3n) is 5.31. The number of carbonyl (C=O) groups is 3. The highest BCUT2D eigenvalue weighted by Crippen LogP contribution is 2.39. The van der Waals surface area contributed by atoms with Gasteiger partial charge in [0.2, 0.25) is 5.91 Å². The first-order valence-electron chi connectivity index (χ1n) is 11.5. The number of fused-ring (bicyclic) bond motifs is 1. The molecule has 2 unspecified atom stereocenters. The molecule has 0 aliphatic carbocycles. The van der Waals surface area contributed by atoms with Crippen LogP contribution in [-0.4, -0.2) is 45.3 Å². The van der Waals surface area contributed by atoms with Crippen LogP contribution in [0.4, 0.5) is 10.5 Å². The lowest BCUT2D eigenvalue weighted by Gasteiger charge is -2.39. The molecule has 0 saturated heterocycles. The van der Waals surface area contributed by atoms with E-state index in [1.165, 1.54) is 6.92 Å². The van der Waals surface area contributed by atoms with Gasteiger partial charge in [-0.25, -0.2) is 9.78 Å². The molecule has 1 aromatic carbocycles. The van der Waals surface area contributed by atoms with E-state index in [9.17, 15) is 14.4 Å². The van der Waals surface area contributed by atoms with Gasteiger partial charge in [-0.3, -0.25) is 9.59 Å². The molecule has 1 aromatic heterocycles. The quantitative estimate of drug-likeness (QED) is 0.657. The molecule has 0 fully saturated rings. The zero-order chi connectivity index (χ0) is 25.2. The largest absolute Gasteiger partial charge is 0.459 e. The lowest BCUT2D eigenvalue weighted by molar-refractivity contribution is -0.155. The lowest BCUT2D eigenvalue weighted by Crippen LogP contribution is -2.45. The number of hydrogen-bond donors (Lipinski definition) is 1. The van der Waals surface area contributed by atoms with Gasteiger partial charge in [-0.15, -0.1) is 0 Å². The summed E-state index contributed by atoms with van der Waals surface area (Å²) in [6, 6.07) is 5.27. The van der Waals surface area contributed by atoms with Crippen molar-refractivity contribution < 1.29 is 23.9 Å². The van der Waals surface area contributed by atoms with E-state index in [1.54, 1.807) is 35.8 Å². The summed E-state index contributed by atoms with van der Waals surface area (Å²) in [6.45, 7) is 12.6. The number of imidazole rings is 1. The van der Waals surface area contributed by atoms with Gasteiger partial charge in [0.25, 0.3) is 0 Å². The van der Waals surface area contributed by atoms with Crippen molar-refractivity contribution in [3.05, 3.63) is 36.3 Å². The average molecular weight is 471 g/mol. The molecule has 2 atom stereocenters. The topological polar surface area (TPSA) is 103 Å². The number of esters is 1. The lowest BCUT2D eigenvalue weighted by atomic mass is 9.90. The van der Waals surface area contributed by atoms with Gasteiger partial charge in [-0.05, 0) is 65.7 Å². The van der Waals surface area contributed by atoms with E-state index in [1.807, 2.05) is 45.9 Å². The Morgan fingerprint density at radius 3 is 2.56 bits per heavy atom. The molecule has 2 heterocycles. The van der Waals surface area contributed by atoms with Crippen molar-refractivity contribution in [2.45, 2.75) is 85.2 Å². The summed E-state index contributed by atoms with van der Waals surface area (Å²) in [5.74, 6) is -0.410. The molecule has 9 heteroatoms. The third-order valence-corrected chi connectivity index (χ3v) is 5.31. The Labute approximate surface area is 200 Å². The normalized spacial score (nSPS) is 17.8. The maximum Gasteiger partial charge on any atom is 0.407 e. The Morgan fingerprint density at radius 1 is 1.24 bits per heavy atom. The molecular formula is C25H34N4O5. The van der Waals surface area contributed by atoms with Crippen molar-refractivity contribution in [1.82, 2.24) is 14.9 Å². The number of nitrogens with zero attached hydrogens (tertiary/aromatic N) is 3. The minimum atomic E-state index is -0.558. The minimum absolute atomic E-state index is 0.0516. The highest BCUT2D eigenvalue weighted by Gasteiger charge is 2.34. The Morgan fingerprint density at radius 2 is 1.94 bits per heavy atom. The summed E-state index contributed by atoms with van der Waals surface area (Å²) in [5, 5.41) is 2.94. The first-order valence-corrected chi connectivity index (χ1v) is 11.5. The van der Waals surface area contributed by atoms with E-state index in [2.05, 4.69) is 10.3 Å². The summed E-state index contributed by atoms with van der Waals surface area (Å²) in [5.41, 5.74) is 2.48. The van der Waals surface area contributed by atoms with Crippen LogP contribution in [0.1, 0.15) is 66.5 Å². The molecule has 2 amide bonds. The molecule has 0 saturated carbocycles. The second-order valence-corrected chi connectivity index (χ2v) is 9.92. The first kappa shape index (κ1) is 25.3. The van der Waals surface area contributed by atoms with E-state index >= 15 is 0 Å². The van der Waals surface area contributed by atoms with Gasteiger partial charge in [-0.2, -0.15) is 0 Å². The van der Waals surface area contributed by atoms with Crippen molar-refractivity contribution in [2.24, 2.45) is 0 Å². The number of anilines is 1. The minimum Gasteiger partial charge on any atom is -0.459 e. The standard InChI is InChI=1S/C25H34N4O5/c1-15(2)33-24(32)27-20-10-16(3)29(17(4)30)22-9-8-18(11-19(20)22)21-12-28(14-26-21)13-23(31)34-25(5,6)7/h8-9,11-12,14-16,20H,10,13H2,1-7H3,(H,27,32). The van der Waals surface area contributed by atoms with Crippen LogP contribution in [0, 0.1) is 0 Å². The van der Waals surface area contributed by atoms with Crippen LogP contribution < -0.4 is 10.2 Å². The monoisotopic (exact) mass is 470 g/mol. The fourth-order valence-corrected chi connectivity index (χ4v) is 4.15. The Hall–Kier alpha value is -3.36. The Balaban J connectivity index is 1.90. The van der Waals surface area contributed by atoms with Crippen molar-refractivity contribution in [3.63, 3.8) is 0 Å². The maximum absolute atomic E-state index is 12.4. The van der Waals surface area contributed by atoms with Gasteiger partial charge in [0, 0.05) is 30.4 Å². The number of rotatable bonds is 5. The molecule has 9 nitrogen and oxygen atoms in total. The number of alkyl carbamates (subject to hydrolysis) is 1. The number of carbonyl (C=O) groups excluding carboxylic acids is 3. The molecule has 1 N–H and O–H groups in total. The molecule has 0 radical (unpaired) electrons. The summed E-state index contributed by atoms with van der Waals surface area (Å²) in [7, 11) is 0. The van der Waals surface area contributed by atoms with Gasteiger partial charge in [0.15, 0.2) is 0 Å². The molecule has 184 valence electrons. The average Bonchev–Trinajstić information content (AvgIpc) is 3.13. The SMILES string of the molecule is CC(=O)N1c2ccc(-c3cn(CC(=O)OC(C)(C)C)cn3)cc2C(NC(=O)OC(C)C)CC1C. The van der Waals surface area contributed by atoms with Gasteiger partial charge >= 0.3 is 12.1 Å². The number of ether oxygens (including phenoxy) is 2. The predicted molar refractivity (Wildman–Crippen MR) is 128 cm³/mol. The number of nitrogens with one attached hydrogen (secondary N) is 1. The fourth-order valence-electron chi connectivity index (χ4n) is 4.15. The van der Waals surface area contributed by atoms with Crippen molar-refractivity contribution in [3.8, 4) is 11.3 Å². The molecule has 1 aliphatic heterocycles. The number of aromatic nitrogens is 2. The van der Waals surface area contributed by atoms with Crippen LogP contribution in [0.25, 0.3) is 11.3 Å². The molecule has 1 aliphatic rings. The molecular weight excluding hydrogens is 436 g/mol. The van der Waals surface area contributed by atoms with Gasteiger partial charge in [-0.1, -0.05) is 6.07 Å². The number of benzene rings is 1. The summed E-state index contributed by atoms with van der Waals surface area (Å²) in [4.78, 5) is 43.0. The molecule has 0 bridgehead atoms. The van der Waals surface area contributed by atoms with Crippen LogP contribution in [0.3, 0.4) is 0 Å². The Bertz CT molecular complexity index is 1070. The Kier molecular flexibility index (Phi) is 7.33. The predicted octanol–water partition coefficient (Wildman–Crippen LogP) is 4.21. The van der Waals surface area contributed by atoms with E-state index in [0.29, 0.717) is 12.1 Å². The smallest absolute Gasteiger partial charge is 0.407 e. The fraction of sp³-hybridized carbons (Fsp3) is 0.520. The highest BCUT2D eigenvalue weighted by molar-refractivity contribution is 5.94. The van der Waals surface area contributed by atoms with E-state index < -0.39 is 11.7 Å². The van der Waals surface area contributed by atoms with E-state index in [-0.39, 0.29) is 36.6 Å². The van der Waals surface area contributed by atoms with Crippen molar-refractivity contribution >= 4 is 23.7 Å². The van der Waals surface area contributed by atoms with Gasteiger partial charge < -0.3 is 24.3 Å². The first-order chi connectivity index (χ1) is 15.8. The second kappa shape index (κ2) is 9.87. The van der Waals surface area contributed by atoms with E-state index in [4.69, 9.17) is 9.47 Å². The molecule has 0 spiro atoms. The van der Waals surface area contributed by atoms with E-state index in [0.717, 1.165) is 16.8 Å². The van der Waals surface area contributed by atoms with Crippen LogP contribution in [0.5, 0.6) is 0 Å². The zero-order valence-electron chi connectivity index (χ0n) is 20.9. The number of hydrogen-bond acceptors (Lipinski definition) is 6. The zero-order valence-corrected chi connectivity index (χ0v) is 20.9. The summed E-state index contributed by atoms with van der Waals surface area (Å²) < 4.78 is 12.3. The van der Waals surface area contributed by atoms with Crippen molar-refractivity contribution in [2.75, 3.05) is 4.90 Å². The number of amides is 2. The molecule has 2 aromatic rings. The highest BCUT2D eigenvalue weighted by atomic mass is 16.6. The third kappa shape index (κ3) is 6.15. The molecule has 34 heavy (non-hydrogen) atoms. The van der Waals surface area contributed by atoms with Crippen LogP contribution >= 0.6 is 0 Å². The van der Waals surface area contributed by atoms with Crippen molar-refractivity contribution in [1.29, 1.82) is 0 Å². The maximum atomic E-state index is 12.4. The second-order valence-electron chi connectivity index (χ2n) is 9.92. The van der Waals surface area contributed by atoms with Crippen LogP contribution in [0.15, 0.2) is 30.7 Å². The van der Waals surface area contributed by atoms with Gasteiger partial charge in [0.1, 0.15) is 12.1 Å². The summed E-state index contributed by atoms with van der Waals surface area (Å²) >= 11 is 0.